The Labute approximate surface area is 92.7 Å². The minimum absolute atomic E-state index is 0.414. The zero-order chi connectivity index (χ0) is 11.4. The summed E-state index contributed by atoms with van der Waals surface area (Å²) in [6.45, 7) is 10.2. The molecule has 0 heterocycles. The van der Waals surface area contributed by atoms with Gasteiger partial charge in [0.1, 0.15) is 5.76 Å². The van der Waals surface area contributed by atoms with E-state index < -0.39 is 0 Å². The number of hydrogen-bond donors (Lipinski definition) is 0. The van der Waals surface area contributed by atoms with Crippen molar-refractivity contribution in [3.8, 4) is 0 Å². The van der Waals surface area contributed by atoms with Crippen molar-refractivity contribution in [2.75, 3.05) is 7.11 Å². The van der Waals surface area contributed by atoms with E-state index >= 15 is 0 Å². The first kappa shape index (κ1) is 12.0. The van der Waals surface area contributed by atoms with Crippen LogP contribution < -0.4 is 0 Å². The van der Waals surface area contributed by atoms with E-state index in [1.165, 1.54) is 24.1 Å². The number of hydrogen-bond acceptors (Lipinski definition) is 2. The van der Waals surface area contributed by atoms with Crippen LogP contribution in [0.4, 0.5) is 0 Å². The predicted octanol–water partition coefficient (Wildman–Crippen LogP) is 3.56. The van der Waals surface area contributed by atoms with Crippen LogP contribution in [-0.2, 0) is 4.74 Å². The van der Waals surface area contributed by atoms with Crippen molar-refractivity contribution in [3.63, 3.8) is 0 Å². The summed E-state index contributed by atoms with van der Waals surface area (Å²) in [6, 6.07) is 0. The van der Waals surface area contributed by atoms with E-state index in [2.05, 4.69) is 25.4 Å². The van der Waals surface area contributed by atoms with Crippen LogP contribution in [0.3, 0.4) is 0 Å². The van der Waals surface area contributed by atoms with Crippen molar-refractivity contribution in [2.45, 2.75) is 33.6 Å². The molecule has 0 saturated heterocycles. The van der Waals surface area contributed by atoms with Crippen LogP contribution in [0, 0.1) is 11.8 Å². The predicted molar refractivity (Wildman–Crippen MR) is 64.9 cm³/mol. The zero-order valence-corrected chi connectivity index (χ0v) is 10.2. The summed E-state index contributed by atoms with van der Waals surface area (Å²) in [6.07, 6.45) is 4.36. The molecule has 0 aromatic rings. The number of ether oxygens (including phenoxy) is 1. The molecular formula is C13H21NO. The first-order valence-electron chi connectivity index (χ1n) is 5.57. The highest BCUT2D eigenvalue weighted by atomic mass is 16.5. The molecule has 84 valence electrons. The van der Waals surface area contributed by atoms with Gasteiger partial charge in [0.05, 0.1) is 12.8 Å². The average Bonchev–Trinajstić information content (AvgIpc) is 2.99. The largest absolute Gasteiger partial charge is 0.497 e. The Morgan fingerprint density at radius 2 is 2.07 bits per heavy atom. The van der Waals surface area contributed by atoms with Crippen LogP contribution in [0.2, 0.25) is 0 Å². The number of aliphatic imine (C=N–C) groups is 1. The molecule has 1 aliphatic rings. The van der Waals surface area contributed by atoms with Crippen molar-refractivity contribution >= 4 is 6.21 Å². The second-order valence-electron chi connectivity index (χ2n) is 4.24. The maximum absolute atomic E-state index is 5.25. The lowest BCUT2D eigenvalue weighted by Crippen LogP contribution is -2.04. The Kier molecular flexibility index (Phi) is 4.13. The molecular weight excluding hydrogens is 186 g/mol. The van der Waals surface area contributed by atoms with Gasteiger partial charge in [-0.05, 0) is 25.7 Å². The molecule has 1 rings (SSSR count). The molecule has 0 N–H and O–H groups in total. The van der Waals surface area contributed by atoms with Gasteiger partial charge < -0.3 is 4.74 Å². The fourth-order valence-electron chi connectivity index (χ4n) is 1.76. The van der Waals surface area contributed by atoms with E-state index in [1.807, 2.05) is 13.1 Å². The Bertz CT molecular complexity index is 296. The first-order valence-corrected chi connectivity index (χ1v) is 5.57. The number of rotatable bonds is 5. The molecule has 2 nitrogen and oxygen atoms in total. The molecule has 1 aliphatic carbocycles. The van der Waals surface area contributed by atoms with Gasteiger partial charge in [-0.15, -0.1) is 0 Å². The van der Waals surface area contributed by atoms with Crippen molar-refractivity contribution in [1.29, 1.82) is 0 Å². The Morgan fingerprint density at radius 1 is 1.47 bits per heavy atom. The van der Waals surface area contributed by atoms with Gasteiger partial charge >= 0.3 is 0 Å². The molecule has 15 heavy (non-hydrogen) atoms. The lowest BCUT2D eigenvalue weighted by atomic mass is 9.97. The quantitative estimate of drug-likeness (QED) is 0.384. The molecule has 0 aliphatic heterocycles. The van der Waals surface area contributed by atoms with Crippen LogP contribution in [-0.4, -0.2) is 13.3 Å². The second kappa shape index (κ2) is 5.15. The van der Waals surface area contributed by atoms with E-state index in [9.17, 15) is 0 Å². The Morgan fingerprint density at radius 3 is 2.40 bits per heavy atom. The van der Waals surface area contributed by atoms with Crippen LogP contribution in [0.5, 0.6) is 0 Å². The van der Waals surface area contributed by atoms with Gasteiger partial charge in [-0.25, -0.2) is 0 Å². The van der Waals surface area contributed by atoms with Crippen LogP contribution in [0.15, 0.2) is 28.6 Å². The molecule has 0 spiro atoms. The fraction of sp³-hybridized carbons (Fsp3) is 0.615. The van der Waals surface area contributed by atoms with Gasteiger partial charge in [0.15, 0.2) is 0 Å². The average molecular weight is 207 g/mol. The van der Waals surface area contributed by atoms with E-state index in [1.54, 1.807) is 7.11 Å². The lowest BCUT2D eigenvalue weighted by Gasteiger charge is -2.16. The van der Waals surface area contributed by atoms with Gasteiger partial charge in [0.25, 0.3) is 0 Å². The van der Waals surface area contributed by atoms with Gasteiger partial charge in [0.2, 0.25) is 0 Å². The summed E-state index contributed by atoms with van der Waals surface area (Å²) >= 11 is 0. The molecule has 2 heteroatoms. The van der Waals surface area contributed by atoms with Gasteiger partial charge in [0, 0.05) is 17.7 Å². The number of methoxy groups -OCH3 is 1. The molecule has 0 aromatic carbocycles. The van der Waals surface area contributed by atoms with E-state index in [4.69, 9.17) is 4.74 Å². The minimum atomic E-state index is 0.414. The van der Waals surface area contributed by atoms with E-state index in [-0.39, 0.29) is 0 Å². The van der Waals surface area contributed by atoms with Crippen LogP contribution in [0.1, 0.15) is 33.6 Å². The minimum Gasteiger partial charge on any atom is -0.497 e. The standard InChI is InChI=1S/C13H21NO/c1-6-14-13(11-7-8-11)12(9(2)3)10(4)15-5/h6,9,11H,4,7-8H2,1-3,5H3/b13-12-,14-6?. The number of nitrogens with zero attached hydrogens (tertiary/aromatic N) is 1. The Hall–Kier alpha value is -1.05. The third-order valence-corrected chi connectivity index (χ3v) is 2.63. The summed E-state index contributed by atoms with van der Waals surface area (Å²) in [4.78, 5) is 4.49. The Balaban J connectivity index is 3.08. The zero-order valence-electron chi connectivity index (χ0n) is 10.2. The third-order valence-electron chi connectivity index (χ3n) is 2.63. The van der Waals surface area contributed by atoms with E-state index in [0.29, 0.717) is 11.8 Å². The SMILES string of the molecule is C=C(OC)/C(=C(\N=CC)C1CC1)C(C)C. The summed E-state index contributed by atoms with van der Waals surface area (Å²) in [5.74, 6) is 1.81. The molecule has 0 bridgehead atoms. The third kappa shape index (κ3) is 2.95. The monoisotopic (exact) mass is 207 g/mol. The maximum atomic E-state index is 5.25. The van der Waals surface area contributed by atoms with Crippen molar-refractivity contribution in [3.05, 3.63) is 23.6 Å². The van der Waals surface area contributed by atoms with Gasteiger partial charge in [-0.1, -0.05) is 20.4 Å². The van der Waals surface area contributed by atoms with Crippen molar-refractivity contribution < 1.29 is 4.74 Å². The normalized spacial score (nSPS) is 18.2. The topological polar surface area (TPSA) is 21.6 Å². The fourth-order valence-corrected chi connectivity index (χ4v) is 1.76. The van der Waals surface area contributed by atoms with Crippen molar-refractivity contribution in [2.24, 2.45) is 16.8 Å². The number of allylic oxidation sites excluding steroid dienone is 2. The van der Waals surface area contributed by atoms with Gasteiger partial charge in [-0.2, -0.15) is 0 Å². The van der Waals surface area contributed by atoms with Crippen LogP contribution in [0.25, 0.3) is 0 Å². The first-order chi connectivity index (χ1) is 7.11. The van der Waals surface area contributed by atoms with Crippen molar-refractivity contribution in [1.82, 2.24) is 0 Å². The molecule has 0 aromatic heterocycles. The lowest BCUT2D eigenvalue weighted by molar-refractivity contribution is 0.295. The second-order valence-corrected chi connectivity index (χ2v) is 4.24. The molecule has 0 unspecified atom stereocenters. The summed E-state index contributed by atoms with van der Waals surface area (Å²) < 4.78 is 5.25. The molecule has 0 atom stereocenters. The van der Waals surface area contributed by atoms with E-state index in [0.717, 1.165) is 5.76 Å². The molecule has 1 fully saturated rings. The maximum Gasteiger partial charge on any atom is 0.116 e. The highest BCUT2D eigenvalue weighted by Gasteiger charge is 2.30. The highest BCUT2D eigenvalue weighted by molar-refractivity contribution is 5.56. The molecule has 0 amide bonds. The molecule has 1 saturated carbocycles. The summed E-state index contributed by atoms with van der Waals surface area (Å²) in [5.41, 5.74) is 2.36. The smallest absolute Gasteiger partial charge is 0.116 e. The molecule has 0 radical (unpaired) electrons. The van der Waals surface area contributed by atoms with Gasteiger partial charge in [-0.3, -0.25) is 4.99 Å². The highest BCUT2D eigenvalue weighted by Crippen LogP contribution is 2.41. The summed E-state index contributed by atoms with van der Waals surface area (Å²) in [7, 11) is 1.67. The summed E-state index contributed by atoms with van der Waals surface area (Å²) in [5, 5.41) is 0. The van der Waals surface area contributed by atoms with Crippen LogP contribution >= 0.6 is 0 Å².